The van der Waals surface area contributed by atoms with Gasteiger partial charge >= 0.3 is 0 Å². The monoisotopic (exact) mass is 385 g/mol. The molecule has 1 atom stereocenters. The zero-order valence-corrected chi connectivity index (χ0v) is 16.1. The Labute approximate surface area is 163 Å². The molecule has 0 aliphatic heterocycles. The Hall–Kier alpha value is -2.67. The first-order valence-corrected chi connectivity index (χ1v) is 9.76. The fourth-order valence-electron chi connectivity index (χ4n) is 3.84. The molecule has 28 heavy (non-hydrogen) atoms. The van der Waals surface area contributed by atoms with Crippen LogP contribution in [0.3, 0.4) is 0 Å². The molecule has 0 unspecified atom stereocenters. The molecular formula is C21H27N3O4. The first kappa shape index (κ1) is 20.1. The number of pyridine rings is 1. The summed E-state index contributed by atoms with van der Waals surface area (Å²) in [6, 6.07) is 5.77. The minimum atomic E-state index is -0.875. The fourth-order valence-corrected chi connectivity index (χ4v) is 3.84. The molecule has 0 spiro atoms. The summed E-state index contributed by atoms with van der Waals surface area (Å²) in [4.78, 5) is 36.9. The van der Waals surface area contributed by atoms with Crippen molar-refractivity contribution >= 4 is 22.6 Å². The van der Waals surface area contributed by atoms with Crippen LogP contribution in [0.1, 0.15) is 61.8 Å². The Balaban J connectivity index is 1.86. The average Bonchev–Trinajstić information content (AvgIpc) is 2.90. The Morgan fingerprint density at radius 1 is 1.18 bits per heavy atom. The molecule has 0 radical (unpaired) electrons. The summed E-state index contributed by atoms with van der Waals surface area (Å²) in [6.07, 6.45) is 6.97. The van der Waals surface area contributed by atoms with Gasteiger partial charge in [0, 0.05) is 29.1 Å². The Bertz CT molecular complexity index is 942. The van der Waals surface area contributed by atoms with Gasteiger partial charge in [-0.15, -0.1) is 0 Å². The minimum Gasteiger partial charge on any atom is -0.388 e. The SMILES string of the molecule is C[C@H](C(N)=O)n1ccc2c(C(=O)NCC3(O)CCCCCC3)cccc2c1=O. The number of fused-ring (bicyclic) bond motifs is 1. The molecule has 7 heteroatoms. The number of rotatable bonds is 5. The second-order valence-electron chi connectivity index (χ2n) is 7.69. The normalized spacial score (nSPS) is 17.6. The molecule has 1 aliphatic carbocycles. The standard InChI is InChI=1S/C21H27N3O4/c1-14(18(22)25)24-12-9-15-16(7-6-8-17(15)20(24)27)19(26)23-13-21(28)10-4-2-3-5-11-21/h6-9,12,14,28H,2-5,10-11,13H2,1H3,(H2,22,25)(H,23,26)/t14-/m1/s1. The highest BCUT2D eigenvalue weighted by atomic mass is 16.3. The van der Waals surface area contributed by atoms with Gasteiger partial charge in [0.25, 0.3) is 11.5 Å². The molecule has 2 amide bonds. The van der Waals surface area contributed by atoms with E-state index in [1.807, 2.05) is 0 Å². The highest BCUT2D eigenvalue weighted by molar-refractivity contribution is 6.06. The van der Waals surface area contributed by atoms with E-state index in [2.05, 4.69) is 5.32 Å². The Kier molecular flexibility index (Phi) is 5.84. The van der Waals surface area contributed by atoms with Crippen LogP contribution in [0.5, 0.6) is 0 Å². The number of aliphatic hydroxyl groups is 1. The topological polar surface area (TPSA) is 114 Å². The summed E-state index contributed by atoms with van der Waals surface area (Å²) in [5, 5.41) is 14.4. The summed E-state index contributed by atoms with van der Waals surface area (Å²) in [7, 11) is 0. The maximum atomic E-state index is 12.8. The molecule has 0 saturated heterocycles. The first-order valence-electron chi connectivity index (χ1n) is 9.76. The first-order chi connectivity index (χ1) is 13.3. The lowest BCUT2D eigenvalue weighted by atomic mass is 9.94. The fraction of sp³-hybridized carbons (Fsp3) is 0.476. The third-order valence-electron chi connectivity index (χ3n) is 5.66. The summed E-state index contributed by atoms with van der Waals surface area (Å²) in [6.45, 7) is 1.75. The average molecular weight is 385 g/mol. The van der Waals surface area contributed by atoms with Crippen LogP contribution in [0.4, 0.5) is 0 Å². The van der Waals surface area contributed by atoms with Crippen LogP contribution in [0, 0.1) is 0 Å². The summed E-state index contributed by atoms with van der Waals surface area (Å²) in [5.41, 5.74) is 4.42. The molecule has 1 aromatic heterocycles. The lowest BCUT2D eigenvalue weighted by Gasteiger charge is -2.27. The molecule has 4 N–H and O–H groups in total. The molecule has 3 rings (SSSR count). The molecule has 1 aliphatic rings. The number of hydrogen-bond donors (Lipinski definition) is 3. The molecule has 2 aromatic rings. The van der Waals surface area contributed by atoms with Gasteiger partial charge in [0.05, 0.1) is 5.60 Å². The summed E-state index contributed by atoms with van der Waals surface area (Å²) < 4.78 is 1.26. The van der Waals surface area contributed by atoms with Crippen molar-refractivity contribution in [1.82, 2.24) is 9.88 Å². The van der Waals surface area contributed by atoms with E-state index in [-0.39, 0.29) is 18.0 Å². The Morgan fingerprint density at radius 3 is 2.50 bits per heavy atom. The number of nitrogens with two attached hydrogens (primary N) is 1. The molecule has 1 heterocycles. The van der Waals surface area contributed by atoms with Crippen molar-refractivity contribution in [3.8, 4) is 0 Å². The van der Waals surface area contributed by atoms with E-state index in [1.165, 1.54) is 10.8 Å². The van der Waals surface area contributed by atoms with Crippen molar-refractivity contribution in [2.75, 3.05) is 6.54 Å². The highest BCUT2D eigenvalue weighted by Gasteiger charge is 2.28. The van der Waals surface area contributed by atoms with Gasteiger partial charge in [0.1, 0.15) is 6.04 Å². The number of amides is 2. The number of hydrogen-bond acceptors (Lipinski definition) is 4. The van der Waals surface area contributed by atoms with Crippen molar-refractivity contribution in [2.24, 2.45) is 5.73 Å². The van der Waals surface area contributed by atoms with Gasteiger partial charge in [0.15, 0.2) is 0 Å². The minimum absolute atomic E-state index is 0.192. The van der Waals surface area contributed by atoms with Crippen molar-refractivity contribution in [3.63, 3.8) is 0 Å². The van der Waals surface area contributed by atoms with Gasteiger partial charge in [-0.3, -0.25) is 14.4 Å². The van der Waals surface area contributed by atoms with Crippen LogP contribution in [-0.2, 0) is 4.79 Å². The third-order valence-corrected chi connectivity index (χ3v) is 5.66. The van der Waals surface area contributed by atoms with Gasteiger partial charge in [-0.1, -0.05) is 31.7 Å². The third kappa shape index (κ3) is 4.09. The second kappa shape index (κ2) is 8.14. The maximum absolute atomic E-state index is 12.8. The van der Waals surface area contributed by atoms with E-state index in [4.69, 9.17) is 5.73 Å². The van der Waals surface area contributed by atoms with Crippen LogP contribution in [0.25, 0.3) is 10.8 Å². The van der Waals surface area contributed by atoms with Crippen molar-refractivity contribution < 1.29 is 14.7 Å². The zero-order chi connectivity index (χ0) is 20.3. The van der Waals surface area contributed by atoms with E-state index in [9.17, 15) is 19.5 Å². The molecular weight excluding hydrogens is 358 g/mol. The van der Waals surface area contributed by atoms with Crippen LogP contribution >= 0.6 is 0 Å². The van der Waals surface area contributed by atoms with E-state index in [1.54, 1.807) is 31.2 Å². The summed E-state index contributed by atoms with van der Waals surface area (Å²) >= 11 is 0. The number of carbonyl (C=O) groups is 2. The maximum Gasteiger partial charge on any atom is 0.259 e. The van der Waals surface area contributed by atoms with Gasteiger partial charge in [-0.2, -0.15) is 0 Å². The van der Waals surface area contributed by atoms with Crippen molar-refractivity contribution in [3.05, 3.63) is 46.4 Å². The predicted molar refractivity (Wildman–Crippen MR) is 107 cm³/mol. The van der Waals surface area contributed by atoms with E-state index >= 15 is 0 Å². The molecule has 1 saturated carbocycles. The van der Waals surface area contributed by atoms with Crippen LogP contribution < -0.4 is 16.6 Å². The Morgan fingerprint density at radius 2 is 1.86 bits per heavy atom. The lowest BCUT2D eigenvalue weighted by Crippen LogP contribution is -2.42. The van der Waals surface area contributed by atoms with Crippen LogP contribution in [0.2, 0.25) is 0 Å². The molecule has 0 bridgehead atoms. The lowest BCUT2D eigenvalue weighted by molar-refractivity contribution is -0.120. The highest BCUT2D eigenvalue weighted by Crippen LogP contribution is 2.26. The largest absolute Gasteiger partial charge is 0.388 e. The number of aromatic nitrogens is 1. The second-order valence-corrected chi connectivity index (χ2v) is 7.69. The number of nitrogens with one attached hydrogen (secondary N) is 1. The van der Waals surface area contributed by atoms with Gasteiger partial charge in [-0.05, 0) is 38.0 Å². The van der Waals surface area contributed by atoms with E-state index in [0.717, 1.165) is 25.7 Å². The smallest absolute Gasteiger partial charge is 0.259 e. The van der Waals surface area contributed by atoms with Gasteiger partial charge < -0.3 is 20.7 Å². The molecule has 7 nitrogen and oxygen atoms in total. The van der Waals surface area contributed by atoms with Crippen molar-refractivity contribution in [1.29, 1.82) is 0 Å². The molecule has 1 fully saturated rings. The van der Waals surface area contributed by atoms with E-state index in [0.29, 0.717) is 29.2 Å². The van der Waals surface area contributed by atoms with Crippen molar-refractivity contribution in [2.45, 2.75) is 57.1 Å². The zero-order valence-electron chi connectivity index (χ0n) is 16.1. The number of carbonyl (C=O) groups excluding carboxylic acids is 2. The van der Waals surface area contributed by atoms with Gasteiger partial charge in [-0.25, -0.2) is 0 Å². The molecule has 150 valence electrons. The van der Waals surface area contributed by atoms with Gasteiger partial charge in [0.2, 0.25) is 5.91 Å². The van der Waals surface area contributed by atoms with E-state index < -0.39 is 17.6 Å². The predicted octanol–water partition coefficient (Wildman–Crippen LogP) is 1.86. The molecule has 1 aromatic carbocycles. The van der Waals surface area contributed by atoms with Crippen LogP contribution in [-0.4, -0.2) is 33.6 Å². The number of primary amides is 1. The number of benzene rings is 1. The number of nitrogens with zero attached hydrogens (tertiary/aromatic N) is 1. The summed E-state index contributed by atoms with van der Waals surface area (Å²) in [5.74, 6) is -0.935. The quantitative estimate of drug-likeness (QED) is 0.682. The van der Waals surface area contributed by atoms with Crippen LogP contribution in [0.15, 0.2) is 35.3 Å².